The molecule has 12 heavy (non-hydrogen) atoms. The molecule has 0 aliphatic heterocycles. The van der Waals surface area contributed by atoms with Crippen molar-refractivity contribution in [3.63, 3.8) is 0 Å². The average molecular weight is 184 g/mol. The van der Waals surface area contributed by atoms with Crippen LogP contribution < -0.4 is 0 Å². The molecule has 0 heterocycles. The molecule has 0 fully saturated rings. The van der Waals surface area contributed by atoms with Crippen LogP contribution in [0.1, 0.15) is 5.56 Å². The van der Waals surface area contributed by atoms with Crippen molar-refractivity contribution in [2.24, 2.45) is 0 Å². The topological polar surface area (TPSA) is 4.36 Å². The minimum atomic E-state index is -0.345. The molecule has 0 radical (unpaired) electrons. The van der Waals surface area contributed by atoms with Crippen molar-refractivity contribution in [1.82, 2.24) is 0 Å². The normalized spacial score (nSPS) is 9.42. The lowest BCUT2D eigenvalue weighted by molar-refractivity contribution is 0.625. The first-order chi connectivity index (χ1) is 5.72. The molecule has 3 heteroatoms. The number of rotatable bonds is 2. The molecule has 0 saturated carbocycles. The first-order valence-electron chi connectivity index (χ1n) is 3.50. The van der Waals surface area contributed by atoms with Gasteiger partial charge in [-0.15, -0.1) is 0 Å². The van der Waals surface area contributed by atoms with Crippen LogP contribution in [0.2, 0.25) is 5.02 Å². The molecule has 1 aromatic carbocycles. The van der Waals surface area contributed by atoms with E-state index in [1.165, 1.54) is 12.1 Å². The van der Waals surface area contributed by atoms with Gasteiger partial charge in [0.2, 0.25) is 6.54 Å². The third-order valence-corrected chi connectivity index (χ3v) is 1.65. The average Bonchev–Trinajstić information content (AvgIpc) is 1.99. The summed E-state index contributed by atoms with van der Waals surface area (Å²) in [7, 11) is 0. The summed E-state index contributed by atoms with van der Waals surface area (Å²) in [4.78, 5) is 3.17. The van der Waals surface area contributed by atoms with E-state index in [2.05, 4.69) is 4.85 Å². The maximum absolute atomic E-state index is 12.7. The molecule has 0 atom stereocenters. The molecule has 1 nitrogen and oxygen atoms in total. The Kier molecular flexibility index (Phi) is 3.07. The fourth-order valence-electron chi connectivity index (χ4n) is 0.940. The van der Waals surface area contributed by atoms with Crippen molar-refractivity contribution in [1.29, 1.82) is 0 Å². The standard InChI is InChI=1S/C9H7ClFN/c1-12-3-2-7-4-8(10)6-9(11)5-7/h4-6H,2-3H2. The molecule has 0 aromatic heterocycles. The fourth-order valence-corrected chi connectivity index (χ4v) is 1.18. The summed E-state index contributed by atoms with van der Waals surface area (Å²) < 4.78 is 12.7. The van der Waals surface area contributed by atoms with Crippen LogP contribution >= 0.6 is 11.6 Å². The van der Waals surface area contributed by atoms with E-state index in [0.29, 0.717) is 18.0 Å². The number of hydrogen-bond donors (Lipinski definition) is 0. The number of nitrogens with zero attached hydrogens (tertiary/aromatic N) is 1. The summed E-state index contributed by atoms with van der Waals surface area (Å²) in [5.41, 5.74) is 0.774. The Bertz CT molecular complexity index is 297. The van der Waals surface area contributed by atoms with Gasteiger partial charge in [-0.1, -0.05) is 11.6 Å². The molecule has 0 saturated heterocycles. The van der Waals surface area contributed by atoms with E-state index in [-0.39, 0.29) is 5.82 Å². The van der Waals surface area contributed by atoms with Gasteiger partial charge >= 0.3 is 0 Å². The lowest BCUT2D eigenvalue weighted by Gasteiger charge is -1.97. The summed E-state index contributed by atoms with van der Waals surface area (Å²) in [5.74, 6) is -0.345. The summed E-state index contributed by atoms with van der Waals surface area (Å²) in [6, 6.07) is 4.33. The highest BCUT2D eigenvalue weighted by atomic mass is 35.5. The van der Waals surface area contributed by atoms with Gasteiger partial charge in [-0.05, 0) is 23.8 Å². The van der Waals surface area contributed by atoms with Gasteiger partial charge in [0.15, 0.2) is 0 Å². The highest BCUT2D eigenvalue weighted by molar-refractivity contribution is 6.30. The van der Waals surface area contributed by atoms with Crippen molar-refractivity contribution < 1.29 is 4.39 Å². The Morgan fingerprint density at radius 2 is 2.17 bits per heavy atom. The number of benzene rings is 1. The smallest absolute Gasteiger partial charge is 0.218 e. The van der Waals surface area contributed by atoms with Gasteiger partial charge in [0, 0.05) is 11.4 Å². The third kappa shape index (κ3) is 2.52. The van der Waals surface area contributed by atoms with Crippen molar-refractivity contribution in [2.45, 2.75) is 6.42 Å². The number of hydrogen-bond acceptors (Lipinski definition) is 0. The Morgan fingerprint density at radius 3 is 2.75 bits per heavy atom. The minimum Gasteiger partial charge on any atom is -0.317 e. The van der Waals surface area contributed by atoms with Gasteiger partial charge in [0.25, 0.3) is 0 Å². The molecule has 0 N–H and O–H groups in total. The number of halogens is 2. The molecule has 0 spiro atoms. The van der Waals surface area contributed by atoms with Crippen LogP contribution in [0, 0.1) is 12.4 Å². The zero-order chi connectivity index (χ0) is 8.97. The molecule has 1 aromatic rings. The van der Waals surface area contributed by atoms with Gasteiger partial charge in [0.05, 0.1) is 0 Å². The van der Waals surface area contributed by atoms with Gasteiger partial charge < -0.3 is 4.85 Å². The first kappa shape index (κ1) is 9.02. The molecular formula is C9H7ClFN. The van der Waals surface area contributed by atoms with Gasteiger partial charge in [-0.25, -0.2) is 11.0 Å². The molecule has 0 amide bonds. The predicted octanol–water partition coefficient (Wildman–Crippen LogP) is 2.94. The highest BCUT2D eigenvalue weighted by Gasteiger charge is 1.99. The SMILES string of the molecule is [C-]#[N+]CCc1cc(F)cc(Cl)c1. The van der Waals surface area contributed by atoms with Crippen LogP contribution in [-0.2, 0) is 6.42 Å². The van der Waals surface area contributed by atoms with Crippen LogP contribution in [0.3, 0.4) is 0 Å². The van der Waals surface area contributed by atoms with Crippen molar-refractivity contribution >= 4 is 11.6 Å². The van der Waals surface area contributed by atoms with Crippen molar-refractivity contribution in [3.05, 3.63) is 46.0 Å². The maximum Gasteiger partial charge on any atom is 0.218 e. The molecule has 0 unspecified atom stereocenters. The van der Waals surface area contributed by atoms with Crippen LogP contribution in [0.4, 0.5) is 4.39 Å². The second-order valence-electron chi connectivity index (χ2n) is 2.41. The van der Waals surface area contributed by atoms with Crippen molar-refractivity contribution in [2.75, 3.05) is 6.54 Å². The van der Waals surface area contributed by atoms with Gasteiger partial charge in [0.1, 0.15) is 5.82 Å². The molecule has 1 rings (SSSR count). The quantitative estimate of drug-likeness (QED) is 0.621. The second-order valence-corrected chi connectivity index (χ2v) is 2.85. The summed E-state index contributed by atoms with van der Waals surface area (Å²) >= 11 is 5.61. The Balaban J connectivity index is 2.80. The van der Waals surface area contributed by atoms with E-state index in [1.54, 1.807) is 6.07 Å². The van der Waals surface area contributed by atoms with Crippen LogP contribution in [0.5, 0.6) is 0 Å². The Morgan fingerprint density at radius 1 is 1.42 bits per heavy atom. The lowest BCUT2D eigenvalue weighted by atomic mass is 10.1. The van der Waals surface area contributed by atoms with Crippen LogP contribution in [0.25, 0.3) is 4.85 Å². The van der Waals surface area contributed by atoms with E-state index in [9.17, 15) is 4.39 Å². The van der Waals surface area contributed by atoms with Gasteiger partial charge in [-0.3, -0.25) is 0 Å². The summed E-state index contributed by atoms with van der Waals surface area (Å²) in [6.07, 6.45) is 0.557. The largest absolute Gasteiger partial charge is 0.317 e. The van der Waals surface area contributed by atoms with E-state index < -0.39 is 0 Å². The van der Waals surface area contributed by atoms with Crippen molar-refractivity contribution in [3.8, 4) is 0 Å². The molecule has 62 valence electrons. The lowest BCUT2D eigenvalue weighted by Crippen LogP contribution is -1.88. The Labute approximate surface area is 75.6 Å². The van der Waals surface area contributed by atoms with Crippen LogP contribution in [-0.4, -0.2) is 6.54 Å². The third-order valence-electron chi connectivity index (χ3n) is 1.43. The van der Waals surface area contributed by atoms with Crippen LogP contribution in [0.15, 0.2) is 18.2 Å². The maximum atomic E-state index is 12.7. The van der Waals surface area contributed by atoms with E-state index in [1.807, 2.05) is 0 Å². The van der Waals surface area contributed by atoms with Gasteiger partial charge in [-0.2, -0.15) is 0 Å². The van der Waals surface area contributed by atoms with E-state index >= 15 is 0 Å². The monoisotopic (exact) mass is 183 g/mol. The fraction of sp³-hybridized carbons (Fsp3) is 0.222. The first-order valence-corrected chi connectivity index (χ1v) is 3.88. The zero-order valence-corrected chi connectivity index (χ0v) is 7.11. The van der Waals surface area contributed by atoms with E-state index in [4.69, 9.17) is 18.2 Å². The van der Waals surface area contributed by atoms with E-state index in [0.717, 1.165) is 5.56 Å². The Hall–Kier alpha value is -1.07. The summed E-state index contributed by atoms with van der Waals surface area (Å²) in [6.45, 7) is 6.93. The predicted molar refractivity (Wildman–Crippen MR) is 46.6 cm³/mol. The molecule has 0 bridgehead atoms. The molecule has 0 aliphatic rings. The second kappa shape index (κ2) is 4.08. The molecular weight excluding hydrogens is 177 g/mol. The molecule has 0 aliphatic carbocycles. The summed E-state index contributed by atoms with van der Waals surface area (Å²) in [5, 5.41) is 0.384. The minimum absolute atomic E-state index is 0.345. The zero-order valence-electron chi connectivity index (χ0n) is 6.35. The highest BCUT2D eigenvalue weighted by Crippen LogP contribution is 2.14.